The number of nitrogens with zero attached hydrogens (tertiary/aromatic N) is 1. The predicted molar refractivity (Wildman–Crippen MR) is 53.8 cm³/mol. The summed E-state index contributed by atoms with van der Waals surface area (Å²) in [5.41, 5.74) is 5.38. The maximum atomic E-state index is 5.61. The molecule has 0 amide bonds. The van der Waals surface area contributed by atoms with Crippen LogP contribution in [0.15, 0.2) is 0 Å². The lowest BCUT2D eigenvalue weighted by Crippen LogP contribution is -2.46. The Morgan fingerprint density at radius 1 is 1.62 bits per heavy atom. The highest BCUT2D eigenvalue weighted by Crippen LogP contribution is 2.03. The summed E-state index contributed by atoms with van der Waals surface area (Å²) >= 11 is 0. The molecule has 0 aliphatic carbocycles. The number of hydrogen-bond donors (Lipinski definition) is 2. The minimum absolute atomic E-state index is 0.347. The van der Waals surface area contributed by atoms with Gasteiger partial charge < -0.3 is 15.8 Å². The van der Waals surface area contributed by atoms with Gasteiger partial charge in [0.15, 0.2) is 0 Å². The molecular formula is C9H21N3O. The molecule has 0 aromatic carbocycles. The number of ether oxygens (including phenoxy) is 1. The van der Waals surface area contributed by atoms with Gasteiger partial charge in [0.25, 0.3) is 0 Å². The molecule has 0 saturated carbocycles. The molecule has 13 heavy (non-hydrogen) atoms. The Hall–Kier alpha value is -0.160. The van der Waals surface area contributed by atoms with Crippen LogP contribution in [-0.2, 0) is 4.74 Å². The fourth-order valence-corrected chi connectivity index (χ4v) is 1.56. The number of nitrogens with two attached hydrogens (primary N) is 1. The standard InChI is InChI=1S/C9H21N3O/c1-2-12-5-6-13-9(8-12)7-11-4-3-10/h9,11H,2-8,10H2,1H3. The topological polar surface area (TPSA) is 50.5 Å². The Labute approximate surface area is 80.4 Å². The molecule has 0 aromatic rings. The van der Waals surface area contributed by atoms with Gasteiger partial charge in [-0.25, -0.2) is 0 Å². The molecule has 1 aliphatic rings. The van der Waals surface area contributed by atoms with Crippen LogP contribution in [0.5, 0.6) is 0 Å². The molecule has 0 radical (unpaired) electrons. The van der Waals surface area contributed by atoms with E-state index in [1.54, 1.807) is 0 Å². The van der Waals surface area contributed by atoms with Crippen molar-refractivity contribution in [3.63, 3.8) is 0 Å². The molecule has 78 valence electrons. The molecule has 0 aromatic heterocycles. The van der Waals surface area contributed by atoms with E-state index in [0.29, 0.717) is 12.6 Å². The molecule has 1 heterocycles. The van der Waals surface area contributed by atoms with Crippen molar-refractivity contribution in [2.24, 2.45) is 5.73 Å². The van der Waals surface area contributed by atoms with E-state index in [1.807, 2.05) is 0 Å². The van der Waals surface area contributed by atoms with Crippen molar-refractivity contribution in [3.05, 3.63) is 0 Å². The highest BCUT2D eigenvalue weighted by Gasteiger charge is 2.18. The van der Waals surface area contributed by atoms with Crippen molar-refractivity contribution in [1.29, 1.82) is 0 Å². The zero-order chi connectivity index (χ0) is 9.52. The van der Waals surface area contributed by atoms with Crippen LogP contribution in [0, 0.1) is 0 Å². The quantitative estimate of drug-likeness (QED) is 0.556. The summed E-state index contributed by atoms with van der Waals surface area (Å²) in [4.78, 5) is 2.41. The van der Waals surface area contributed by atoms with Crippen LogP contribution < -0.4 is 11.1 Å². The lowest BCUT2D eigenvalue weighted by molar-refractivity contribution is -0.0250. The Morgan fingerprint density at radius 3 is 3.15 bits per heavy atom. The number of nitrogens with one attached hydrogen (secondary N) is 1. The normalized spacial score (nSPS) is 24.9. The number of hydrogen-bond acceptors (Lipinski definition) is 4. The van der Waals surface area contributed by atoms with Crippen molar-refractivity contribution >= 4 is 0 Å². The fraction of sp³-hybridized carbons (Fsp3) is 1.00. The summed E-state index contributed by atoms with van der Waals surface area (Å²) in [6.45, 7) is 8.80. The van der Waals surface area contributed by atoms with Crippen molar-refractivity contribution in [2.45, 2.75) is 13.0 Å². The van der Waals surface area contributed by atoms with Crippen LogP contribution in [0.4, 0.5) is 0 Å². The summed E-state index contributed by atoms with van der Waals surface area (Å²) in [5, 5.41) is 3.27. The largest absolute Gasteiger partial charge is 0.374 e. The van der Waals surface area contributed by atoms with Gasteiger partial charge in [-0.2, -0.15) is 0 Å². The third-order valence-electron chi connectivity index (χ3n) is 2.36. The van der Waals surface area contributed by atoms with E-state index in [1.165, 1.54) is 0 Å². The Bertz CT molecular complexity index is 132. The minimum Gasteiger partial charge on any atom is -0.374 e. The first-order valence-electron chi connectivity index (χ1n) is 5.11. The Morgan fingerprint density at radius 2 is 2.46 bits per heavy atom. The molecule has 1 aliphatic heterocycles. The van der Waals surface area contributed by atoms with Crippen molar-refractivity contribution in [1.82, 2.24) is 10.2 Å². The molecule has 3 N–H and O–H groups in total. The highest BCUT2D eigenvalue weighted by molar-refractivity contribution is 4.72. The number of rotatable bonds is 5. The van der Waals surface area contributed by atoms with Gasteiger partial charge in [0.2, 0.25) is 0 Å². The molecule has 1 fully saturated rings. The molecule has 1 saturated heterocycles. The van der Waals surface area contributed by atoms with E-state index in [0.717, 1.165) is 39.3 Å². The lowest BCUT2D eigenvalue weighted by Gasteiger charge is -2.32. The first-order valence-corrected chi connectivity index (χ1v) is 5.11. The monoisotopic (exact) mass is 187 g/mol. The molecule has 1 rings (SSSR count). The van der Waals surface area contributed by atoms with E-state index < -0.39 is 0 Å². The zero-order valence-electron chi connectivity index (χ0n) is 8.46. The van der Waals surface area contributed by atoms with Gasteiger partial charge in [-0.05, 0) is 6.54 Å². The molecular weight excluding hydrogens is 166 g/mol. The second-order valence-corrected chi connectivity index (χ2v) is 3.38. The SMILES string of the molecule is CCN1CCOC(CNCCN)C1. The minimum atomic E-state index is 0.347. The zero-order valence-corrected chi connectivity index (χ0v) is 8.46. The Balaban J connectivity index is 2.11. The second kappa shape index (κ2) is 6.32. The molecule has 1 unspecified atom stereocenters. The van der Waals surface area contributed by atoms with Crippen LogP contribution >= 0.6 is 0 Å². The molecule has 1 atom stereocenters. The van der Waals surface area contributed by atoms with Crippen LogP contribution in [0.3, 0.4) is 0 Å². The van der Waals surface area contributed by atoms with Gasteiger partial charge in [-0.3, -0.25) is 4.90 Å². The summed E-state index contributed by atoms with van der Waals surface area (Å²) < 4.78 is 5.61. The van der Waals surface area contributed by atoms with E-state index in [4.69, 9.17) is 10.5 Å². The van der Waals surface area contributed by atoms with Crippen molar-refractivity contribution < 1.29 is 4.74 Å². The maximum Gasteiger partial charge on any atom is 0.0826 e. The summed E-state index contributed by atoms with van der Waals surface area (Å²) in [6.07, 6.45) is 0.347. The summed E-state index contributed by atoms with van der Waals surface area (Å²) in [6, 6.07) is 0. The fourth-order valence-electron chi connectivity index (χ4n) is 1.56. The average molecular weight is 187 g/mol. The van der Waals surface area contributed by atoms with Crippen LogP contribution in [0.2, 0.25) is 0 Å². The average Bonchev–Trinajstić information content (AvgIpc) is 2.19. The molecule has 0 bridgehead atoms. The highest BCUT2D eigenvalue weighted by atomic mass is 16.5. The third-order valence-corrected chi connectivity index (χ3v) is 2.36. The van der Waals surface area contributed by atoms with Gasteiger partial charge in [0, 0.05) is 32.7 Å². The molecule has 0 spiro atoms. The predicted octanol–water partition coefficient (Wildman–Crippen LogP) is -0.745. The summed E-state index contributed by atoms with van der Waals surface area (Å²) in [5.74, 6) is 0. The third kappa shape index (κ3) is 4.04. The van der Waals surface area contributed by atoms with E-state index in [-0.39, 0.29) is 0 Å². The van der Waals surface area contributed by atoms with Crippen molar-refractivity contribution in [2.75, 3.05) is 45.9 Å². The Kier molecular flexibility index (Phi) is 5.31. The first kappa shape index (κ1) is 10.9. The lowest BCUT2D eigenvalue weighted by atomic mass is 10.2. The van der Waals surface area contributed by atoms with E-state index in [9.17, 15) is 0 Å². The molecule has 4 nitrogen and oxygen atoms in total. The van der Waals surface area contributed by atoms with Crippen LogP contribution in [-0.4, -0.2) is 56.9 Å². The van der Waals surface area contributed by atoms with Crippen LogP contribution in [0.25, 0.3) is 0 Å². The van der Waals surface area contributed by atoms with Gasteiger partial charge in [-0.1, -0.05) is 6.92 Å². The first-order chi connectivity index (χ1) is 6.36. The van der Waals surface area contributed by atoms with Gasteiger partial charge in [-0.15, -0.1) is 0 Å². The smallest absolute Gasteiger partial charge is 0.0826 e. The molecule has 4 heteroatoms. The summed E-state index contributed by atoms with van der Waals surface area (Å²) in [7, 11) is 0. The van der Waals surface area contributed by atoms with E-state index in [2.05, 4.69) is 17.1 Å². The second-order valence-electron chi connectivity index (χ2n) is 3.38. The van der Waals surface area contributed by atoms with Crippen LogP contribution in [0.1, 0.15) is 6.92 Å². The van der Waals surface area contributed by atoms with Crippen molar-refractivity contribution in [3.8, 4) is 0 Å². The van der Waals surface area contributed by atoms with E-state index >= 15 is 0 Å². The van der Waals surface area contributed by atoms with Gasteiger partial charge in [0.05, 0.1) is 12.7 Å². The number of morpholine rings is 1. The number of likely N-dealkylation sites (N-methyl/N-ethyl adjacent to an activating group) is 1. The van der Waals surface area contributed by atoms with Gasteiger partial charge in [0.1, 0.15) is 0 Å². The maximum absolute atomic E-state index is 5.61. The van der Waals surface area contributed by atoms with Gasteiger partial charge >= 0.3 is 0 Å².